The third-order valence-electron chi connectivity index (χ3n) is 3.71. The minimum Gasteiger partial charge on any atom is -0.486 e. The fraction of sp³-hybridized carbons (Fsp3) is 0.235. The molecule has 0 spiro atoms. The number of nitrogens with one attached hydrogen (secondary N) is 1. The van der Waals surface area contributed by atoms with Crippen LogP contribution in [-0.4, -0.2) is 16.8 Å². The first-order valence-corrected chi connectivity index (χ1v) is 7.32. The summed E-state index contributed by atoms with van der Waals surface area (Å²) >= 11 is 0. The summed E-state index contributed by atoms with van der Waals surface area (Å²) in [5.74, 6) is 3.12. The Morgan fingerprint density at radius 2 is 2.05 bits per heavy atom. The predicted octanol–water partition coefficient (Wildman–Crippen LogP) is 3.43. The second kappa shape index (κ2) is 5.26. The van der Waals surface area contributed by atoms with Crippen LogP contribution in [0.2, 0.25) is 0 Å². The van der Waals surface area contributed by atoms with Crippen molar-refractivity contribution < 1.29 is 14.2 Å². The first-order chi connectivity index (χ1) is 10.8. The lowest BCUT2D eigenvalue weighted by Gasteiger charge is -2.05. The first kappa shape index (κ1) is 13.0. The Morgan fingerprint density at radius 3 is 2.91 bits per heavy atom. The van der Waals surface area contributed by atoms with Crippen molar-refractivity contribution >= 4 is 11.0 Å². The van der Waals surface area contributed by atoms with E-state index in [4.69, 9.17) is 14.2 Å². The number of hydrogen-bond acceptors (Lipinski definition) is 4. The minimum atomic E-state index is 0.270. The van der Waals surface area contributed by atoms with Gasteiger partial charge in [0.05, 0.1) is 11.0 Å². The van der Waals surface area contributed by atoms with Crippen molar-refractivity contribution in [1.29, 1.82) is 0 Å². The highest BCUT2D eigenvalue weighted by Crippen LogP contribution is 2.35. The van der Waals surface area contributed by atoms with Crippen molar-refractivity contribution in [2.24, 2.45) is 0 Å². The summed E-state index contributed by atoms with van der Waals surface area (Å²) in [6.07, 6.45) is 0.993. The van der Waals surface area contributed by atoms with Gasteiger partial charge in [-0.1, -0.05) is 19.1 Å². The van der Waals surface area contributed by atoms with Crippen LogP contribution in [0, 0.1) is 0 Å². The van der Waals surface area contributed by atoms with Crippen molar-refractivity contribution in [2.75, 3.05) is 6.79 Å². The van der Waals surface area contributed by atoms with E-state index in [1.165, 1.54) is 5.56 Å². The average Bonchev–Trinajstić information content (AvgIpc) is 3.15. The maximum Gasteiger partial charge on any atom is 0.231 e. The van der Waals surface area contributed by atoms with Gasteiger partial charge in [-0.3, -0.25) is 0 Å². The molecular formula is C17H16N2O3. The van der Waals surface area contributed by atoms with Crippen LogP contribution in [0.4, 0.5) is 0 Å². The molecule has 0 aliphatic carbocycles. The molecule has 1 aliphatic heterocycles. The van der Waals surface area contributed by atoms with E-state index in [0.717, 1.165) is 40.5 Å². The van der Waals surface area contributed by atoms with Crippen LogP contribution >= 0.6 is 0 Å². The van der Waals surface area contributed by atoms with E-state index in [1.807, 2.05) is 24.3 Å². The van der Waals surface area contributed by atoms with Gasteiger partial charge in [-0.05, 0) is 24.1 Å². The fourth-order valence-electron chi connectivity index (χ4n) is 2.53. The fourth-order valence-corrected chi connectivity index (χ4v) is 2.53. The number of fused-ring (bicyclic) bond motifs is 2. The smallest absolute Gasteiger partial charge is 0.231 e. The monoisotopic (exact) mass is 296 g/mol. The predicted molar refractivity (Wildman–Crippen MR) is 82.4 cm³/mol. The molecule has 5 heteroatoms. The number of aryl methyl sites for hydroxylation is 1. The number of H-pyrrole nitrogens is 1. The first-order valence-electron chi connectivity index (χ1n) is 7.32. The number of aromatic amines is 1. The number of aromatic nitrogens is 2. The molecule has 0 unspecified atom stereocenters. The van der Waals surface area contributed by atoms with Crippen LogP contribution < -0.4 is 14.2 Å². The molecule has 112 valence electrons. The van der Waals surface area contributed by atoms with Crippen molar-refractivity contribution in [3.63, 3.8) is 0 Å². The van der Waals surface area contributed by atoms with Crippen molar-refractivity contribution in [3.8, 4) is 17.2 Å². The standard InChI is InChI=1S/C17H16N2O3/c1-2-11-4-3-5-12(6-11)20-9-17-18-13-7-15-16(22-10-21-15)8-14(13)19-17/h3-8H,2,9-10H2,1H3,(H,18,19). The van der Waals surface area contributed by atoms with Gasteiger partial charge in [-0.25, -0.2) is 4.98 Å². The number of ether oxygens (including phenoxy) is 3. The van der Waals surface area contributed by atoms with Crippen LogP contribution in [-0.2, 0) is 13.0 Å². The van der Waals surface area contributed by atoms with Crippen LogP contribution in [0.15, 0.2) is 36.4 Å². The molecule has 0 saturated heterocycles. The molecule has 2 aromatic carbocycles. The van der Waals surface area contributed by atoms with Gasteiger partial charge < -0.3 is 19.2 Å². The molecule has 1 aromatic heterocycles. The molecule has 1 aliphatic rings. The highest BCUT2D eigenvalue weighted by molar-refractivity contribution is 5.80. The van der Waals surface area contributed by atoms with Crippen LogP contribution in [0.25, 0.3) is 11.0 Å². The second-order valence-electron chi connectivity index (χ2n) is 5.20. The molecule has 0 radical (unpaired) electrons. The zero-order valence-corrected chi connectivity index (χ0v) is 12.3. The summed E-state index contributed by atoms with van der Waals surface area (Å²) in [7, 11) is 0. The quantitative estimate of drug-likeness (QED) is 0.801. The highest BCUT2D eigenvalue weighted by atomic mass is 16.7. The zero-order chi connectivity index (χ0) is 14.9. The number of imidazole rings is 1. The Kier molecular flexibility index (Phi) is 3.11. The van der Waals surface area contributed by atoms with Gasteiger partial charge in [-0.2, -0.15) is 0 Å². The maximum absolute atomic E-state index is 5.81. The van der Waals surface area contributed by atoms with Crippen LogP contribution in [0.5, 0.6) is 17.2 Å². The van der Waals surface area contributed by atoms with Gasteiger partial charge in [0.25, 0.3) is 0 Å². The van der Waals surface area contributed by atoms with E-state index < -0.39 is 0 Å². The molecule has 4 rings (SSSR count). The number of benzene rings is 2. The number of nitrogens with zero attached hydrogens (tertiary/aromatic N) is 1. The molecular weight excluding hydrogens is 280 g/mol. The summed E-state index contributed by atoms with van der Waals surface area (Å²) in [5, 5.41) is 0. The van der Waals surface area contributed by atoms with E-state index in [-0.39, 0.29) is 6.79 Å². The lowest BCUT2D eigenvalue weighted by molar-refractivity contribution is 0.174. The third-order valence-corrected chi connectivity index (χ3v) is 3.71. The van der Waals surface area contributed by atoms with Gasteiger partial charge in [-0.15, -0.1) is 0 Å². The highest BCUT2D eigenvalue weighted by Gasteiger charge is 2.16. The lowest BCUT2D eigenvalue weighted by atomic mass is 10.2. The molecule has 22 heavy (non-hydrogen) atoms. The molecule has 0 atom stereocenters. The maximum atomic E-state index is 5.81. The lowest BCUT2D eigenvalue weighted by Crippen LogP contribution is -1.97. The molecule has 0 fully saturated rings. The second-order valence-corrected chi connectivity index (χ2v) is 5.20. The van der Waals surface area contributed by atoms with Gasteiger partial charge >= 0.3 is 0 Å². The van der Waals surface area contributed by atoms with E-state index in [2.05, 4.69) is 29.0 Å². The largest absolute Gasteiger partial charge is 0.486 e. The Balaban J connectivity index is 1.54. The molecule has 5 nitrogen and oxygen atoms in total. The van der Waals surface area contributed by atoms with E-state index >= 15 is 0 Å². The van der Waals surface area contributed by atoms with Gasteiger partial charge in [0.2, 0.25) is 6.79 Å². The normalized spacial score (nSPS) is 12.8. The summed E-state index contributed by atoms with van der Waals surface area (Å²) in [5.41, 5.74) is 3.03. The average molecular weight is 296 g/mol. The van der Waals surface area contributed by atoms with Gasteiger partial charge in [0.15, 0.2) is 11.5 Å². The molecule has 3 aromatic rings. The van der Waals surface area contributed by atoms with Crippen molar-refractivity contribution in [3.05, 3.63) is 47.8 Å². The zero-order valence-electron chi connectivity index (χ0n) is 12.3. The molecule has 2 heterocycles. The Bertz CT molecular complexity index is 785. The molecule has 1 N–H and O–H groups in total. The SMILES string of the molecule is CCc1cccc(OCc2nc3cc4c(cc3[nH]2)OCO4)c1. The topological polar surface area (TPSA) is 56.4 Å². The summed E-state index contributed by atoms with van der Waals surface area (Å²) in [6, 6.07) is 11.9. The van der Waals surface area contributed by atoms with Gasteiger partial charge in [0, 0.05) is 12.1 Å². The van der Waals surface area contributed by atoms with E-state index in [0.29, 0.717) is 6.61 Å². The minimum absolute atomic E-state index is 0.270. The molecule has 0 bridgehead atoms. The molecule has 0 amide bonds. The Morgan fingerprint density at radius 1 is 1.18 bits per heavy atom. The van der Waals surface area contributed by atoms with E-state index in [9.17, 15) is 0 Å². The summed E-state index contributed by atoms with van der Waals surface area (Å²) in [4.78, 5) is 7.78. The Hall–Kier alpha value is -2.69. The van der Waals surface area contributed by atoms with Gasteiger partial charge in [0.1, 0.15) is 18.2 Å². The van der Waals surface area contributed by atoms with Crippen LogP contribution in [0.1, 0.15) is 18.3 Å². The Labute approximate surface area is 127 Å². The van der Waals surface area contributed by atoms with Crippen LogP contribution in [0.3, 0.4) is 0 Å². The van der Waals surface area contributed by atoms with Crippen molar-refractivity contribution in [1.82, 2.24) is 9.97 Å². The van der Waals surface area contributed by atoms with E-state index in [1.54, 1.807) is 0 Å². The van der Waals surface area contributed by atoms with Crippen molar-refractivity contribution in [2.45, 2.75) is 20.0 Å². The number of rotatable bonds is 4. The third kappa shape index (κ3) is 2.35. The number of hydrogen-bond donors (Lipinski definition) is 1. The summed E-state index contributed by atoms with van der Waals surface area (Å²) < 4.78 is 16.5. The molecule has 0 saturated carbocycles. The summed E-state index contributed by atoms with van der Waals surface area (Å²) in [6.45, 7) is 2.79.